The topological polar surface area (TPSA) is 38.7 Å². The summed E-state index contributed by atoms with van der Waals surface area (Å²) in [5, 5.41) is 2.60. The zero-order chi connectivity index (χ0) is 36.6. The van der Waals surface area contributed by atoms with Gasteiger partial charge in [0.15, 0.2) is 17.5 Å². The molecule has 0 unspecified atom stereocenters. The molecule has 0 N–H and O–H groups in total. The Labute approximate surface area is 323 Å². The average molecular weight is 720 g/mol. The summed E-state index contributed by atoms with van der Waals surface area (Å²) in [6, 6.07) is 70.4. The standard InChI is InChI=1S/C51H33N3S/c1-3-12-34(13-4-1)40-16-9-17-41(32-40)36-24-28-38(29-25-36)49-52-50(54-51(53-49)43-19-10-18-42(33-43)35-14-5-2-6-15-35)39-30-26-37(27-31-39)44-21-11-22-46-45-20-7-8-23-47(45)55-48(44)46/h1-33H. The maximum atomic E-state index is 5.10. The van der Waals surface area contributed by atoms with E-state index in [1.54, 1.807) is 0 Å². The van der Waals surface area contributed by atoms with Gasteiger partial charge in [0.2, 0.25) is 0 Å². The van der Waals surface area contributed by atoms with Gasteiger partial charge in [0, 0.05) is 36.9 Å². The number of rotatable bonds is 7. The Bertz CT molecular complexity index is 2950. The molecule has 2 heterocycles. The van der Waals surface area contributed by atoms with Crippen molar-refractivity contribution in [1.29, 1.82) is 0 Å². The number of benzene rings is 8. The van der Waals surface area contributed by atoms with E-state index in [4.69, 9.17) is 15.0 Å². The molecule has 0 bridgehead atoms. The molecule has 2 aromatic heterocycles. The van der Waals surface area contributed by atoms with E-state index >= 15 is 0 Å². The second-order valence-electron chi connectivity index (χ2n) is 13.6. The molecule has 3 nitrogen and oxygen atoms in total. The van der Waals surface area contributed by atoms with Crippen LogP contribution in [0.15, 0.2) is 200 Å². The third-order valence-corrected chi connectivity index (χ3v) is 11.4. The number of aromatic nitrogens is 3. The van der Waals surface area contributed by atoms with E-state index in [0.717, 1.165) is 44.5 Å². The molecule has 0 saturated heterocycles. The van der Waals surface area contributed by atoms with Gasteiger partial charge in [-0.05, 0) is 62.7 Å². The molecule has 0 aliphatic rings. The molecule has 0 spiro atoms. The number of fused-ring (bicyclic) bond motifs is 3. The molecule has 55 heavy (non-hydrogen) atoms. The second-order valence-corrected chi connectivity index (χ2v) is 14.7. The summed E-state index contributed by atoms with van der Waals surface area (Å²) in [5.74, 6) is 1.90. The van der Waals surface area contributed by atoms with Crippen LogP contribution in [0.2, 0.25) is 0 Å². The molecule has 0 radical (unpaired) electrons. The summed E-state index contributed by atoms with van der Waals surface area (Å²) >= 11 is 1.85. The summed E-state index contributed by atoms with van der Waals surface area (Å²) in [7, 11) is 0. The van der Waals surface area contributed by atoms with Crippen molar-refractivity contribution in [2.45, 2.75) is 0 Å². The highest BCUT2D eigenvalue weighted by Crippen LogP contribution is 2.40. The van der Waals surface area contributed by atoms with Crippen LogP contribution < -0.4 is 0 Å². The van der Waals surface area contributed by atoms with E-state index in [2.05, 4.69) is 188 Å². The third-order valence-electron chi connectivity index (χ3n) is 10.2. The predicted molar refractivity (Wildman–Crippen MR) is 231 cm³/mol. The molecular weight excluding hydrogens is 687 g/mol. The molecule has 0 fully saturated rings. The minimum atomic E-state index is 0.633. The molecule has 0 saturated carbocycles. The van der Waals surface area contributed by atoms with Gasteiger partial charge in [-0.25, -0.2) is 15.0 Å². The number of hydrogen-bond acceptors (Lipinski definition) is 4. The Hall–Kier alpha value is -7.01. The van der Waals surface area contributed by atoms with Gasteiger partial charge in [0.05, 0.1) is 0 Å². The zero-order valence-corrected chi connectivity index (χ0v) is 30.6. The first kappa shape index (κ1) is 32.6. The fourth-order valence-corrected chi connectivity index (χ4v) is 8.56. The smallest absolute Gasteiger partial charge is 0.164 e. The molecule has 4 heteroatoms. The fraction of sp³-hybridized carbons (Fsp3) is 0. The van der Waals surface area contributed by atoms with Crippen molar-refractivity contribution in [3.63, 3.8) is 0 Å². The first-order valence-corrected chi connectivity index (χ1v) is 19.2. The SMILES string of the molecule is c1ccc(-c2cccc(-c3ccc(-c4nc(-c5ccc(-c6cccc7c6sc6ccccc67)cc5)nc(-c5cccc(-c6ccccc6)c5)n4)cc3)c2)cc1. The average Bonchev–Trinajstić information content (AvgIpc) is 3.66. The van der Waals surface area contributed by atoms with Crippen LogP contribution in [0.25, 0.3) is 98.8 Å². The maximum absolute atomic E-state index is 5.10. The predicted octanol–water partition coefficient (Wildman–Crippen LogP) is 13.9. The summed E-state index contributed by atoms with van der Waals surface area (Å²) in [5.41, 5.74) is 12.2. The monoisotopic (exact) mass is 719 g/mol. The molecule has 8 aromatic carbocycles. The lowest BCUT2D eigenvalue weighted by Gasteiger charge is -2.11. The number of hydrogen-bond donors (Lipinski definition) is 0. The highest BCUT2D eigenvalue weighted by molar-refractivity contribution is 7.26. The van der Waals surface area contributed by atoms with Crippen molar-refractivity contribution in [2.75, 3.05) is 0 Å². The Morgan fingerprint density at radius 3 is 1.27 bits per heavy atom. The van der Waals surface area contributed by atoms with Gasteiger partial charge < -0.3 is 0 Å². The Morgan fingerprint density at radius 1 is 0.273 bits per heavy atom. The van der Waals surface area contributed by atoms with E-state index in [0.29, 0.717) is 17.5 Å². The van der Waals surface area contributed by atoms with Crippen molar-refractivity contribution in [3.8, 4) is 78.7 Å². The molecular formula is C51H33N3S. The quantitative estimate of drug-likeness (QED) is 0.165. The van der Waals surface area contributed by atoms with Crippen LogP contribution in [-0.2, 0) is 0 Å². The van der Waals surface area contributed by atoms with E-state index in [9.17, 15) is 0 Å². The van der Waals surface area contributed by atoms with E-state index in [1.165, 1.54) is 36.9 Å². The van der Waals surface area contributed by atoms with Crippen molar-refractivity contribution in [2.24, 2.45) is 0 Å². The van der Waals surface area contributed by atoms with Crippen molar-refractivity contribution < 1.29 is 0 Å². The Balaban J connectivity index is 1.04. The highest BCUT2D eigenvalue weighted by Gasteiger charge is 2.15. The van der Waals surface area contributed by atoms with Crippen LogP contribution in [0.4, 0.5) is 0 Å². The van der Waals surface area contributed by atoms with Crippen LogP contribution in [0.1, 0.15) is 0 Å². The maximum Gasteiger partial charge on any atom is 0.164 e. The van der Waals surface area contributed by atoms with Crippen molar-refractivity contribution in [3.05, 3.63) is 200 Å². The molecule has 10 aromatic rings. The fourth-order valence-electron chi connectivity index (χ4n) is 7.33. The Kier molecular flexibility index (Phi) is 8.36. The molecule has 10 rings (SSSR count). The Morgan fingerprint density at radius 2 is 0.673 bits per heavy atom. The van der Waals surface area contributed by atoms with Gasteiger partial charge in [-0.2, -0.15) is 0 Å². The second kappa shape index (κ2) is 14.1. The van der Waals surface area contributed by atoms with Gasteiger partial charge in [0.25, 0.3) is 0 Å². The normalized spacial score (nSPS) is 11.3. The number of nitrogens with zero attached hydrogens (tertiary/aromatic N) is 3. The van der Waals surface area contributed by atoms with Crippen LogP contribution in [0.3, 0.4) is 0 Å². The molecule has 0 amide bonds. The van der Waals surface area contributed by atoms with Gasteiger partial charge in [0.1, 0.15) is 0 Å². The summed E-state index contributed by atoms with van der Waals surface area (Å²) < 4.78 is 2.60. The minimum absolute atomic E-state index is 0.633. The third kappa shape index (κ3) is 6.39. The van der Waals surface area contributed by atoms with Crippen molar-refractivity contribution in [1.82, 2.24) is 15.0 Å². The van der Waals surface area contributed by atoms with Crippen LogP contribution in [-0.4, -0.2) is 15.0 Å². The first-order chi connectivity index (χ1) is 27.2. The van der Waals surface area contributed by atoms with Crippen LogP contribution in [0.5, 0.6) is 0 Å². The van der Waals surface area contributed by atoms with Crippen LogP contribution >= 0.6 is 11.3 Å². The molecule has 258 valence electrons. The summed E-state index contributed by atoms with van der Waals surface area (Å²) in [6.45, 7) is 0. The van der Waals surface area contributed by atoms with Gasteiger partial charge in [-0.15, -0.1) is 11.3 Å². The van der Waals surface area contributed by atoms with E-state index in [1.807, 2.05) is 23.5 Å². The minimum Gasteiger partial charge on any atom is -0.208 e. The molecule has 0 atom stereocenters. The number of thiophene rings is 1. The largest absolute Gasteiger partial charge is 0.208 e. The van der Waals surface area contributed by atoms with Gasteiger partial charge in [-0.1, -0.05) is 182 Å². The lowest BCUT2D eigenvalue weighted by Crippen LogP contribution is -2.00. The lowest BCUT2D eigenvalue weighted by molar-refractivity contribution is 1.07. The van der Waals surface area contributed by atoms with Crippen LogP contribution in [0, 0.1) is 0 Å². The zero-order valence-electron chi connectivity index (χ0n) is 29.8. The first-order valence-electron chi connectivity index (χ1n) is 18.4. The van der Waals surface area contributed by atoms with E-state index < -0.39 is 0 Å². The molecule has 0 aliphatic carbocycles. The van der Waals surface area contributed by atoms with Crippen molar-refractivity contribution >= 4 is 31.5 Å². The van der Waals surface area contributed by atoms with E-state index in [-0.39, 0.29) is 0 Å². The lowest BCUT2D eigenvalue weighted by atomic mass is 9.98. The summed E-state index contributed by atoms with van der Waals surface area (Å²) in [6.07, 6.45) is 0. The summed E-state index contributed by atoms with van der Waals surface area (Å²) in [4.78, 5) is 15.3. The highest BCUT2D eigenvalue weighted by atomic mass is 32.1. The van der Waals surface area contributed by atoms with Gasteiger partial charge in [-0.3, -0.25) is 0 Å². The van der Waals surface area contributed by atoms with Gasteiger partial charge >= 0.3 is 0 Å². The molecule has 0 aliphatic heterocycles.